The Labute approximate surface area is 70.9 Å². The average Bonchev–Trinajstić information content (AvgIpc) is 2.15. The largest absolute Gasteiger partial charge is 0.196 e. The predicted octanol–water partition coefficient (Wildman–Crippen LogP) is 1.09. The Kier molecular flexibility index (Phi) is 2.42. The third-order valence-corrected chi connectivity index (χ3v) is 1.89. The summed E-state index contributed by atoms with van der Waals surface area (Å²) in [6.45, 7) is 2.55. The van der Waals surface area contributed by atoms with E-state index in [1.54, 1.807) is 24.3 Å². The molecule has 0 unspecified atom stereocenters. The van der Waals surface area contributed by atoms with Crippen LogP contribution in [0.3, 0.4) is 0 Å². The number of hydrogen-bond donors (Lipinski definition) is 0. The number of nitrogens with zero attached hydrogens (tertiary/aromatic N) is 4. The predicted molar refractivity (Wildman–Crippen MR) is 38.7 cm³/mol. The van der Waals surface area contributed by atoms with E-state index in [1.807, 2.05) is 0 Å². The van der Waals surface area contributed by atoms with E-state index in [1.165, 1.54) is 13.8 Å². The van der Waals surface area contributed by atoms with Crippen LogP contribution in [0.25, 0.3) is 0 Å². The van der Waals surface area contributed by atoms with Crippen LogP contribution < -0.4 is 0 Å². The van der Waals surface area contributed by atoms with Gasteiger partial charge in [0.15, 0.2) is 10.8 Å². The Bertz CT molecular complexity index is 277. The maximum atomic E-state index is 8.61. The maximum Gasteiger partial charge on any atom is 0.172 e. The van der Waals surface area contributed by atoms with Gasteiger partial charge >= 0.3 is 0 Å². The van der Waals surface area contributed by atoms with Gasteiger partial charge < -0.3 is 0 Å². The van der Waals surface area contributed by atoms with Crippen molar-refractivity contribution in [2.45, 2.75) is 13.8 Å². The fraction of sp³-hybridized carbons (Fsp3) is 0.500. The first kappa shape index (κ1) is 9.96. The van der Waals surface area contributed by atoms with Crippen molar-refractivity contribution < 1.29 is 0 Å². The lowest BCUT2D eigenvalue weighted by atomic mass is 9.69. The summed E-state index contributed by atoms with van der Waals surface area (Å²) < 4.78 is 0. The van der Waals surface area contributed by atoms with Gasteiger partial charge in [-0.3, -0.25) is 0 Å². The second kappa shape index (κ2) is 2.91. The number of rotatable bonds is 1. The number of hydrogen-bond acceptors (Lipinski definition) is 4. The van der Waals surface area contributed by atoms with Crippen molar-refractivity contribution in [2.75, 3.05) is 0 Å². The van der Waals surface area contributed by atoms with Crippen molar-refractivity contribution in [1.29, 1.82) is 21.0 Å². The first-order valence-corrected chi connectivity index (χ1v) is 3.14. The van der Waals surface area contributed by atoms with E-state index in [0.717, 1.165) is 0 Å². The van der Waals surface area contributed by atoms with Crippen molar-refractivity contribution >= 4 is 0 Å². The molecule has 0 rings (SSSR count). The van der Waals surface area contributed by atoms with Crippen LogP contribution in [0.2, 0.25) is 0 Å². The molecule has 0 aliphatic rings. The smallest absolute Gasteiger partial charge is 0.172 e. The van der Waals surface area contributed by atoms with Gasteiger partial charge in [-0.2, -0.15) is 21.0 Å². The molecule has 58 valence electrons. The van der Waals surface area contributed by atoms with Gasteiger partial charge in [0, 0.05) is 0 Å². The average molecular weight is 158 g/mol. The van der Waals surface area contributed by atoms with Gasteiger partial charge in [-0.1, -0.05) is 0 Å². The topological polar surface area (TPSA) is 95.2 Å². The van der Waals surface area contributed by atoms with Crippen LogP contribution in [0.4, 0.5) is 0 Å². The van der Waals surface area contributed by atoms with E-state index in [-0.39, 0.29) is 0 Å². The maximum absolute atomic E-state index is 8.61. The Morgan fingerprint density at radius 3 is 0.917 bits per heavy atom. The van der Waals surface area contributed by atoms with Crippen molar-refractivity contribution in [3.63, 3.8) is 0 Å². The molecule has 0 fully saturated rings. The van der Waals surface area contributed by atoms with E-state index in [0.29, 0.717) is 0 Å². The van der Waals surface area contributed by atoms with E-state index in [4.69, 9.17) is 21.0 Å². The molecule has 0 saturated heterocycles. The highest BCUT2D eigenvalue weighted by Gasteiger charge is 2.47. The fourth-order valence-electron chi connectivity index (χ4n) is 0.497. The summed E-state index contributed by atoms with van der Waals surface area (Å²) in [5, 5.41) is 34.4. The first-order chi connectivity index (χ1) is 5.49. The van der Waals surface area contributed by atoms with Gasteiger partial charge in [0.1, 0.15) is 0 Å². The highest BCUT2D eigenvalue weighted by Crippen LogP contribution is 2.36. The molecule has 0 bridgehead atoms. The molecule has 12 heavy (non-hydrogen) atoms. The molecular formula is C8H6N4. The van der Waals surface area contributed by atoms with Crippen LogP contribution in [0.1, 0.15) is 13.8 Å². The third kappa shape index (κ3) is 1.07. The van der Waals surface area contributed by atoms with Crippen LogP contribution in [0.15, 0.2) is 0 Å². The molecule has 0 saturated carbocycles. The zero-order valence-corrected chi connectivity index (χ0v) is 6.79. The quantitative estimate of drug-likeness (QED) is 0.570. The molecule has 0 aromatic heterocycles. The minimum Gasteiger partial charge on any atom is -0.196 e. The second-order valence-corrected chi connectivity index (χ2v) is 2.70. The molecule has 0 atom stereocenters. The molecule has 0 heterocycles. The fourth-order valence-corrected chi connectivity index (χ4v) is 0.497. The van der Waals surface area contributed by atoms with Gasteiger partial charge in [0.05, 0.1) is 24.3 Å². The Hall–Kier alpha value is -2.04. The van der Waals surface area contributed by atoms with Crippen LogP contribution in [0, 0.1) is 56.2 Å². The Balaban J connectivity index is 5.38. The second-order valence-electron chi connectivity index (χ2n) is 2.70. The minimum absolute atomic E-state index is 1.28. The number of nitriles is 4. The van der Waals surface area contributed by atoms with Crippen LogP contribution >= 0.6 is 0 Å². The molecule has 0 amide bonds. The minimum atomic E-state index is -1.57. The standard InChI is InChI=1S/C8H6N4/c1-7(3-9,4-10)8(2,5-11)6-12/h1-2H3. The lowest BCUT2D eigenvalue weighted by molar-refractivity contribution is 0.359. The molecule has 4 heteroatoms. The van der Waals surface area contributed by atoms with E-state index in [2.05, 4.69) is 0 Å². The molecule has 0 aromatic carbocycles. The Morgan fingerprint density at radius 2 is 0.833 bits per heavy atom. The highest BCUT2D eigenvalue weighted by molar-refractivity contribution is 5.31. The van der Waals surface area contributed by atoms with Crippen LogP contribution in [0.5, 0.6) is 0 Å². The van der Waals surface area contributed by atoms with Gasteiger partial charge in [-0.25, -0.2) is 0 Å². The highest BCUT2D eigenvalue weighted by atomic mass is 14.5. The van der Waals surface area contributed by atoms with Crippen molar-refractivity contribution in [1.82, 2.24) is 0 Å². The SMILES string of the molecule is CC(C#N)(C#N)C(C)(C#N)C#N. The van der Waals surface area contributed by atoms with E-state index >= 15 is 0 Å². The van der Waals surface area contributed by atoms with E-state index in [9.17, 15) is 0 Å². The molecule has 0 radical (unpaired) electrons. The van der Waals surface area contributed by atoms with Gasteiger partial charge in [-0.05, 0) is 13.8 Å². The van der Waals surface area contributed by atoms with Gasteiger partial charge in [0.2, 0.25) is 0 Å². The molecule has 0 spiro atoms. The lowest BCUT2D eigenvalue weighted by Crippen LogP contribution is -2.32. The van der Waals surface area contributed by atoms with E-state index < -0.39 is 10.8 Å². The lowest BCUT2D eigenvalue weighted by Gasteiger charge is -2.22. The van der Waals surface area contributed by atoms with Crippen LogP contribution in [-0.2, 0) is 0 Å². The summed E-state index contributed by atoms with van der Waals surface area (Å²) in [5.74, 6) is 0. The van der Waals surface area contributed by atoms with Crippen molar-refractivity contribution in [3.05, 3.63) is 0 Å². The van der Waals surface area contributed by atoms with Crippen LogP contribution in [-0.4, -0.2) is 0 Å². The monoisotopic (exact) mass is 158 g/mol. The first-order valence-electron chi connectivity index (χ1n) is 3.14. The third-order valence-electron chi connectivity index (χ3n) is 1.89. The molecule has 0 N–H and O–H groups in total. The summed E-state index contributed by atoms with van der Waals surface area (Å²) in [6.07, 6.45) is 0. The molecule has 0 aliphatic carbocycles. The summed E-state index contributed by atoms with van der Waals surface area (Å²) in [6, 6.07) is 6.66. The molecule has 4 nitrogen and oxygen atoms in total. The summed E-state index contributed by atoms with van der Waals surface area (Å²) in [5.41, 5.74) is -3.15. The molecule has 0 aromatic rings. The summed E-state index contributed by atoms with van der Waals surface area (Å²) in [4.78, 5) is 0. The van der Waals surface area contributed by atoms with Crippen molar-refractivity contribution in [2.24, 2.45) is 10.8 Å². The molecular weight excluding hydrogens is 152 g/mol. The van der Waals surface area contributed by atoms with Gasteiger partial charge in [-0.15, -0.1) is 0 Å². The summed E-state index contributed by atoms with van der Waals surface area (Å²) >= 11 is 0. The zero-order valence-electron chi connectivity index (χ0n) is 6.79. The Morgan fingerprint density at radius 1 is 0.667 bits per heavy atom. The van der Waals surface area contributed by atoms with Gasteiger partial charge in [0.25, 0.3) is 0 Å². The normalized spacial score (nSPS) is 10.2. The summed E-state index contributed by atoms with van der Waals surface area (Å²) in [7, 11) is 0. The zero-order chi connectivity index (χ0) is 9.83. The molecule has 0 aliphatic heterocycles. The van der Waals surface area contributed by atoms with Crippen molar-refractivity contribution in [3.8, 4) is 24.3 Å².